The molecule has 1 aromatic carbocycles. The van der Waals surface area contributed by atoms with E-state index in [0.29, 0.717) is 0 Å². The zero-order valence-electron chi connectivity index (χ0n) is 9.74. The molecule has 1 heterocycles. The van der Waals surface area contributed by atoms with E-state index in [-0.39, 0.29) is 0 Å². The zero-order valence-corrected chi connectivity index (χ0v) is 9.74. The van der Waals surface area contributed by atoms with Gasteiger partial charge in [-0.3, -0.25) is 4.98 Å². The Morgan fingerprint density at radius 2 is 2.06 bits per heavy atom. The molecule has 0 bridgehead atoms. The monoisotopic (exact) mass is 214 g/mol. The first kappa shape index (κ1) is 11.1. The Kier molecular flexibility index (Phi) is 3.89. The van der Waals surface area contributed by atoms with Gasteiger partial charge in [0.05, 0.1) is 5.52 Å². The number of benzene rings is 1. The molecule has 84 valence electrons. The maximum absolute atomic E-state index is 4.46. The van der Waals surface area contributed by atoms with Crippen LogP contribution in [0.5, 0.6) is 0 Å². The highest BCUT2D eigenvalue weighted by Gasteiger charge is 2.00. The topological polar surface area (TPSA) is 24.9 Å². The van der Waals surface area contributed by atoms with Gasteiger partial charge in [-0.25, -0.2) is 0 Å². The van der Waals surface area contributed by atoms with Gasteiger partial charge in [0.25, 0.3) is 0 Å². The summed E-state index contributed by atoms with van der Waals surface area (Å²) in [5.74, 6) is 0. The van der Waals surface area contributed by atoms with Crippen LogP contribution in [-0.4, -0.2) is 18.1 Å². The Labute approximate surface area is 96.7 Å². The first-order valence-corrected chi connectivity index (χ1v) is 5.95. The molecule has 2 heteroatoms. The number of nitrogens with one attached hydrogen (secondary N) is 1. The number of hydrogen-bond acceptors (Lipinski definition) is 2. The van der Waals surface area contributed by atoms with Crippen molar-refractivity contribution in [3.8, 4) is 0 Å². The lowest BCUT2D eigenvalue weighted by Crippen LogP contribution is -2.14. The number of aromatic nitrogens is 1. The smallest absolute Gasteiger partial charge is 0.0733 e. The van der Waals surface area contributed by atoms with Crippen LogP contribution in [-0.2, 0) is 6.42 Å². The van der Waals surface area contributed by atoms with Gasteiger partial charge in [0.15, 0.2) is 0 Å². The number of rotatable bonds is 5. The minimum Gasteiger partial charge on any atom is -0.317 e. The van der Waals surface area contributed by atoms with Crippen LogP contribution in [0.25, 0.3) is 10.9 Å². The Bertz CT molecular complexity index is 446. The second kappa shape index (κ2) is 5.61. The third-order valence-corrected chi connectivity index (χ3v) is 2.77. The first-order chi connectivity index (χ1) is 7.92. The number of hydrogen-bond donors (Lipinski definition) is 1. The first-order valence-electron chi connectivity index (χ1n) is 5.95. The maximum atomic E-state index is 4.46. The third-order valence-electron chi connectivity index (χ3n) is 2.77. The summed E-state index contributed by atoms with van der Waals surface area (Å²) in [6, 6.07) is 10.5. The van der Waals surface area contributed by atoms with Crippen LogP contribution in [0.1, 0.15) is 18.9 Å². The molecule has 16 heavy (non-hydrogen) atoms. The third kappa shape index (κ3) is 2.58. The standard InChI is InChI=1S/C14H18N2/c1-2-15-10-4-8-12-6-3-7-13-9-5-11-16-14(12)13/h3,5-7,9,11,15H,2,4,8,10H2,1H3. The van der Waals surface area contributed by atoms with E-state index in [0.717, 1.165) is 25.0 Å². The van der Waals surface area contributed by atoms with Crippen molar-refractivity contribution >= 4 is 10.9 Å². The molecule has 1 N–H and O–H groups in total. The van der Waals surface area contributed by atoms with E-state index in [4.69, 9.17) is 0 Å². The van der Waals surface area contributed by atoms with Crippen molar-refractivity contribution in [2.75, 3.05) is 13.1 Å². The van der Waals surface area contributed by atoms with Gasteiger partial charge in [0.2, 0.25) is 0 Å². The summed E-state index contributed by atoms with van der Waals surface area (Å²) in [4.78, 5) is 4.46. The fourth-order valence-corrected chi connectivity index (χ4v) is 1.95. The molecule has 2 rings (SSSR count). The summed E-state index contributed by atoms with van der Waals surface area (Å²) >= 11 is 0. The Morgan fingerprint density at radius 1 is 1.19 bits per heavy atom. The van der Waals surface area contributed by atoms with E-state index in [1.807, 2.05) is 12.3 Å². The molecule has 0 atom stereocenters. The number of fused-ring (bicyclic) bond motifs is 1. The summed E-state index contributed by atoms with van der Waals surface area (Å²) in [5.41, 5.74) is 2.51. The number of nitrogens with zero attached hydrogens (tertiary/aromatic N) is 1. The van der Waals surface area contributed by atoms with Crippen LogP contribution in [0.15, 0.2) is 36.5 Å². The quantitative estimate of drug-likeness (QED) is 0.774. The Morgan fingerprint density at radius 3 is 2.94 bits per heavy atom. The fraction of sp³-hybridized carbons (Fsp3) is 0.357. The molecule has 0 aliphatic carbocycles. The van der Waals surface area contributed by atoms with Gasteiger partial charge in [0.1, 0.15) is 0 Å². The van der Waals surface area contributed by atoms with Crippen LogP contribution in [0.2, 0.25) is 0 Å². The Balaban J connectivity index is 2.11. The van der Waals surface area contributed by atoms with E-state index in [9.17, 15) is 0 Å². The average Bonchev–Trinajstić information content (AvgIpc) is 2.35. The number of pyridine rings is 1. The summed E-state index contributed by atoms with van der Waals surface area (Å²) in [5, 5.41) is 4.59. The fourth-order valence-electron chi connectivity index (χ4n) is 1.95. The summed E-state index contributed by atoms with van der Waals surface area (Å²) in [6.07, 6.45) is 4.14. The predicted octanol–water partition coefficient (Wildman–Crippen LogP) is 2.78. The van der Waals surface area contributed by atoms with Gasteiger partial charge >= 0.3 is 0 Å². The van der Waals surface area contributed by atoms with Crippen molar-refractivity contribution in [3.63, 3.8) is 0 Å². The highest BCUT2D eigenvalue weighted by atomic mass is 14.8. The summed E-state index contributed by atoms with van der Waals surface area (Å²) in [7, 11) is 0. The predicted molar refractivity (Wildman–Crippen MR) is 68.6 cm³/mol. The van der Waals surface area contributed by atoms with Gasteiger partial charge in [0, 0.05) is 11.6 Å². The molecule has 2 nitrogen and oxygen atoms in total. The van der Waals surface area contributed by atoms with Gasteiger partial charge in [-0.05, 0) is 37.6 Å². The molecular weight excluding hydrogens is 196 g/mol. The lowest BCUT2D eigenvalue weighted by atomic mass is 10.1. The van der Waals surface area contributed by atoms with Crippen molar-refractivity contribution in [1.82, 2.24) is 10.3 Å². The van der Waals surface area contributed by atoms with E-state index >= 15 is 0 Å². The van der Waals surface area contributed by atoms with Crippen LogP contribution >= 0.6 is 0 Å². The normalized spacial score (nSPS) is 10.8. The van der Waals surface area contributed by atoms with Gasteiger partial charge in [-0.1, -0.05) is 31.2 Å². The molecule has 0 unspecified atom stereocenters. The van der Waals surface area contributed by atoms with Crippen molar-refractivity contribution in [2.45, 2.75) is 19.8 Å². The van der Waals surface area contributed by atoms with Crippen LogP contribution in [0, 0.1) is 0 Å². The lowest BCUT2D eigenvalue weighted by molar-refractivity contribution is 0.673. The minimum absolute atomic E-state index is 1.05. The lowest BCUT2D eigenvalue weighted by Gasteiger charge is -2.05. The van der Waals surface area contributed by atoms with E-state index in [1.165, 1.54) is 17.4 Å². The molecule has 0 spiro atoms. The van der Waals surface area contributed by atoms with Crippen molar-refractivity contribution < 1.29 is 0 Å². The SMILES string of the molecule is CCNCCCc1cccc2cccnc12. The van der Waals surface area contributed by atoms with Crippen molar-refractivity contribution in [1.29, 1.82) is 0 Å². The molecule has 0 aliphatic heterocycles. The average molecular weight is 214 g/mol. The second-order valence-electron chi connectivity index (χ2n) is 3.95. The van der Waals surface area contributed by atoms with Crippen LogP contribution < -0.4 is 5.32 Å². The summed E-state index contributed by atoms with van der Waals surface area (Å²) < 4.78 is 0. The van der Waals surface area contributed by atoms with E-state index in [1.54, 1.807) is 0 Å². The van der Waals surface area contributed by atoms with Crippen molar-refractivity contribution in [3.05, 3.63) is 42.1 Å². The van der Waals surface area contributed by atoms with Gasteiger partial charge in [-0.15, -0.1) is 0 Å². The zero-order chi connectivity index (χ0) is 11.2. The van der Waals surface area contributed by atoms with E-state index in [2.05, 4.69) is 41.5 Å². The molecule has 0 saturated heterocycles. The number of para-hydroxylation sites is 1. The molecule has 0 radical (unpaired) electrons. The Hall–Kier alpha value is -1.41. The van der Waals surface area contributed by atoms with E-state index < -0.39 is 0 Å². The summed E-state index contributed by atoms with van der Waals surface area (Å²) in [6.45, 7) is 4.27. The number of aryl methyl sites for hydroxylation is 1. The van der Waals surface area contributed by atoms with Gasteiger partial charge < -0.3 is 5.32 Å². The molecule has 2 aromatic rings. The van der Waals surface area contributed by atoms with Crippen molar-refractivity contribution in [2.24, 2.45) is 0 Å². The molecule has 0 amide bonds. The molecular formula is C14H18N2. The highest BCUT2D eigenvalue weighted by Crippen LogP contribution is 2.16. The van der Waals surface area contributed by atoms with Gasteiger partial charge in [-0.2, -0.15) is 0 Å². The largest absolute Gasteiger partial charge is 0.317 e. The second-order valence-corrected chi connectivity index (χ2v) is 3.95. The van der Waals surface area contributed by atoms with Crippen LogP contribution in [0.4, 0.5) is 0 Å². The van der Waals surface area contributed by atoms with Crippen LogP contribution in [0.3, 0.4) is 0 Å². The molecule has 0 saturated carbocycles. The minimum atomic E-state index is 1.05. The maximum Gasteiger partial charge on any atom is 0.0733 e. The molecule has 0 aliphatic rings. The highest BCUT2D eigenvalue weighted by molar-refractivity contribution is 5.81. The molecule has 0 fully saturated rings. The molecule has 1 aromatic heterocycles.